The molecule has 0 aliphatic heterocycles. The topological polar surface area (TPSA) is 62.2 Å². The van der Waals surface area contributed by atoms with Crippen molar-refractivity contribution in [1.29, 1.82) is 5.41 Å². The van der Waals surface area contributed by atoms with Crippen molar-refractivity contribution < 1.29 is 9.53 Å². The standard InChI is InChI=1S/C14H18N2O2/c1-11(13(10-15)14(17)18-2)16-9-8-12-6-4-3-5-7-12/h3-7,10,15-16H,8-9H2,1-2H3/b13-11+,15-10?. The highest BCUT2D eigenvalue weighted by molar-refractivity contribution is 6.09. The summed E-state index contributed by atoms with van der Waals surface area (Å²) < 4.78 is 4.60. The highest BCUT2D eigenvalue weighted by Gasteiger charge is 2.10. The average molecular weight is 246 g/mol. The first kappa shape index (κ1) is 14.0. The van der Waals surface area contributed by atoms with E-state index in [1.807, 2.05) is 18.2 Å². The van der Waals surface area contributed by atoms with Crippen molar-refractivity contribution in [2.75, 3.05) is 13.7 Å². The Kier molecular flexibility index (Phi) is 5.64. The number of carbonyl (C=O) groups is 1. The Bertz CT molecular complexity index is 438. The van der Waals surface area contributed by atoms with Crippen molar-refractivity contribution >= 4 is 12.2 Å². The molecule has 0 aliphatic carbocycles. The van der Waals surface area contributed by atoms with Gasteiger partial charge >= 0.3 is 5.97 Å². The number of esters is 1. The number of hydrogen-bond donors (Lipinski definition) is 2. The van der Waals surface area contributed by atoms with Crippen LogP contribution in [0.15, 0.2) is 41.6 Å². The van der Waals surface area contributed by atoms with Crippen LogP contribution >= 0.6 is 0 Å². The molecule has 0 bridgehead atoms. The summed E-state index contributed by atoms with van der Waals surface area (Å²) in [6, 6.07) is 10.1. The van der Waals surface area contributed by atoms with Crippen molar-refractivity contribution in [3.8, 4) is 0 Å². The summed E-state index contributed by atoms with van der Waals surface area (Å²) in [5.41, 5.74) is 2.14. The lowest BCUT2D eigenvalue weighted by atomic mass is 10.1. The predicted molar refractivity (Wildman–Crippen MR) is 71.6 cm³/mol. The minimum absolute atomic E-state index is 0.255. The molecule has 0 aromatic heterocycles. The van der Waals surface area contributed by atoms with E-state index in [9.17, 15) is 4.79 Å². The number of ether oxygens (including phenoxy) is 1. The number of methoxy groups -OCH3 is 1. The Morgan fingerprint density at radius 2 is 2.06 bits per heavy atom. The van der Waals surface area contributed by atoms with Gasteiger partial charge in [-0.15, -0.1) is 0 Å². The molecule has 0 spiro atoms. The summed E-state index contributed by atoms with van der Waals surface area (Å²) in [5.74, 6) is -0.491. The fraction of sp³-hybridized carbons (Fsp3) is 0.286. The minimum Gasteiger partial charge on any atom is -0.465 e. The molecular formula is C14H18N2O2. The van der Waals surface area contributed by atoms with Crippen LogP contribution in [0.1, 0.15) is 12.5 Å². The summed E-state index contributed by atoms with van der Waals surface area (Å²) in [5, 5.41) is 10.3. The molecule has 18 heavy (non-hydrogen) atoms. The molecule has 0 amide bonds. The van der Waals surface area contributed by atoms with Gasteiger partial charge in [-0.2, -0.15) is 0 Å². The summed E-state index contributed by atoms with van der Waals surface area (Å²) in [7, 11) is 1.31. The summed E-state index contributed by atoms with van der Waals surface area (Å²) in [6.07, 6.45) is 1.88. The first-order valence-electron chi connectivity index (χ1n) is 5.76. The van der Waals surface area contributed by atoms with Gasteiger partial charge in [-0.1, -0.05) is 30.3 Å². The van der Waals surface area contributed by atoms with E-state index >= 15 is 0 Å². The fourth-order valence-corrected chi connectivity index (χ4v) is 1.56. The Labute approximate surface area is 107 Å². The molecule has 0 fully saturated rings. The molecule has 0 radical (unpaired) electrons. The molecule has 0 unspecified atom stereocenters. The highest BCUT2D eigenvalue weighted by atomic mass is 16.5. The van der Waals surface area contributed by atoms with Crippen LogP contribution in [0.2, 0.25) is 0 Å². The van der Waals surface area contributed by atoms with Crippen molar-refractivity contribution in [3.63, 3.8) is 0 Å². The number of carbonyl (C=O) groups excluding carboxylic acids is 1. The Morgan fingerprint density at radius 1 is 1.39 bits per heavy atom. The van der Waals surface area contributed by atoms with Gasteiger partial charge in [0.1, 0.15) is 0 Å². The molecule has 96 valence electrons. The molecule has 1 aromatic carbocycles. The van der Waals surface area contributed by atoms with E-state index in [1.165, 1.54) is 12.7 Å². The normalized spacial score (nSPS) is 11.4. The molecular weight excluding hydrogens is 228 g/mol. The van der Waals surface area contributed by atoms with Crippen LogP contribution in [0.25, 0.3) is 0 Å². The Balaban J connectivity index is 2.54. The van der Waals surface area contributed by atoms with E-state index in [4.69, 9.17) is 5.41 Å². The minimum atomic E-state index is -0.491. The van der Waals surface area contributed by atoms with Gasteiger partial charge < -0.3 is 15.5 Å². The van der Waals surface area contributed by atoms with Crippen LogP contribution in [0.3, 0.4) is 0 Å². The van der Waals surface area contributed by atoms with Crippen molar-refractivity contribution in [2.24, 2.45) is 0 Å². The second kappa shape index (κ2) is 7.27. The molecule has 2 N–H and O–H groups in total. The van der Waals surface area contributed by atoms with Crippen LogP contribution in [0.4, 0.5) is 0 Å². The summed E-state index contributed by atoms with van der Waals surface area (Å²) in [6.45, 7) is 2.48. The second-order valence-corrected chi connectivity index (χ2v) is 3.84. The zero-order valence-corrected chi connectivity index (χ0v) is 10.7. The molecule has 0 saturated carbocycles. The molecule has 4 nitrogen and oxygen atoms in total. The lowest BCUT2D eigenvalue weighted by Gasteiger charge is -2.09. The van der Waals surface area contributed by atoms with E-state index in [0.717, 1.165) is 12.6 Å². The van der Waals surface area contributed by atoms with E-state index in [-0.39, 0.29) is 5.57 Å². The van der Waals surface area contributed by atoms with Gasteiger partial charge in [0.2, 0.25) is 0 Å². The fourth-order valence-electron chi connectivity index (χ4n) is 1.56. The van der Waals surface area contributed by atoms with Crippen LogP contribution in [0.5, 0.6) is 0 Å². The van der Waals surface area contributed by atoms with Crippen molar-refractivity contribution in [2.45, 2.75) is 13.3 Å². The molecule has 4 heteroatoms. The van der Waals surface area contributed by atoms with Gasteiger partial charge in [0.25, 0.3) is 0 Å². The van der Waals surface area contributed by atoms with Crippen molar-refractivity contribution in [3.05, 3.63) is 47.2 Å². The van der Waals surface area contributed by atoms with Crippen LogP contribution in [0, 0.1) is 5.41 Å². The lowest BCUT2D eigenvalue weighted by molar-refractivity contribution is -0.135. The quantitative estimate of drug-likeness (QED) is 0.458. The molecule has 0 saturated heterocycles. The lowest BCUT2D eigenvalue weighted by Crippen LogP contribution is -2.20. The van der Waals surface area contributed by atoms with Crippen molar-refractivity contribution in [1.82, 2.24) is 5.32 Å². The number of rotatable bonds is 6. The summed E-state index contributed by atoms with van der Waals surface area (Å²) in [4.78, 5) is 11.3. The predicted octanol–water partition coefficient (Wildman–Crippen LogP) is 1.92. The maximum atomic E-state index is 11.3. The zero-order valence-electron chi connectivity index (χ0n) is 10.7. The number of benzene rings is 1. The number of allylic oxidation sites excluding steroid dienone is 1. The van der Waals surface area contributed by atoms with Crippen LogP contribution in [-0.4, -0.2) is 25.8 Å². The third-order valence-corrected chi connectivity index (χ3v) is 2.60. The maximum absolute atomic E-state index is 11.3. The number of nitrogens with one attached hydrogen (secondary N) is 2. The highest BCUT2D eigenvalue weighted by Crippen LogP contribution is 2.02. The SMILES string of the molecule is COC(=O)/C(C=N)=C(\C)NCCc1ccccc1. The van der Waals surface area contributed by atoms with Gasteiger partial charge in [-0.25, -0.2) is 4.79 Å². The average Bonchev–Trinajstić information content (AvgIpc) is 2.40. The molecule has 0 aliphatic rings. The van der Waals surface area contributed by atoms with Gasteiger partial charge in [-0.05, 0) is 18.9 Å². The first-order chi connectivity index (χ1) is 8.69. The second-order valence-electron chi connectivity index (χ2n) is 3.84. The summed E-state index contributed by atoms with van der Waals surface area (Å²) >= 11 is 0. The van der Waals surface area contributed by atoms with Crippen LogP contribution < -0.4 is 5.32 Å². The molecule has 0 heterocycles. The van der Waals surface area contributed by atoms with Gasteiger partial charge in [0.15, 0.2) is 0 Å². The zero-order chi connectivity index (χ0) is 13.4. The molecule has 1 rings (SSSR count). The third kappa shape index (κ3) is 4.05. The van der Waals surface area contributed by atoms with Crippen LogP contribution in [-0.2, 0) is 16.0 Å². The van der Waals surface area contributed by atoms with E-state index in [0.29, 0.717) is 12.2 Å². The van der Waals surface area contributed by atoms with Gasteiger partial charge in [-0.3, -0.25) is 0 Å². The van der Waals surface area contributed by atoms with E-state index < -0.39 is 5.97 Å². The van der Waals surface area contributed by atoms with Gasteiger partial charge in [0.05, 0.1) is 12.7 Å². The molecule has 1 aromatic rings. The van der Waals surface area contributed by atoms with E-state index in [2.05, 4.69) is 22.2 Å². The van der Waals surface area contributed by atoms with Gasteiger partial charge in [0, 0.05) is 18.5 Å². The number of hydrogen-bond acceptors (Lipinski definition) is 4. The largest absolute Gasteiger partial charge is 0.465 e. The Morgan fingerprint density at radius 3 is 2.61 bits per heavy atom. The monoisotopic (exact) mass is 246 g/mol. The first-order valence-corrected chi connectivity index (χ1v) is 5.76. The Hall–Kier alpha value is -2.10. The van der Waals surface area contributed by atoms with E-state index in [1.54, 1.807) is 6.92 Å². The smallest absolute Gasteiger partial charge is 0.341 e. The maximum Gasteiger partial charge on any atom is 0.341 e. The third-order valence-electron chi connectivity index (χ3n) is 2.60. The molecule has 0 atom stereocenters.